The molecule has 0 spiro atoms. The molecule has 60 heavy (non-hydrogen) atoms. The fourth-order valence-electron chi connectivity index (χ4n) is 7.45. The van der Waals surface area contributed by atoms with Crippen molar-refractivity contribution in [2.75, 3.05) is 50.0 Å². The van der Waals surface area contributed by atoms with Gasteiger partial charge >= 0.3 is 0 Å². The maximum atomic E-state index is 13.8. The molecule has 0 fully saturated rings. The highest BCUT2D eigenvalue weighted by Crippen LogP contribution is 2.39. The van der Waals surface area contributed by atoms with Crippen LogP contribution in [0.15, 0.2) is 101 Å². The summed E-state index contributed by atoms with van der Waals surface area (Å²) >= 11 is 0. The van der Waals surface area contributed by atoms with Crippen molar-refractivity contribution < 1.29 is 33.3 Å². The number of hydrogen-bond acceptors (Lipinski definition) is 11. The van der Waals surface area contributed by atoms with Crippen LogP contribution in [0.1, 0.15) is 49.9 Å². The lowest BCUT2D eigenvalue weighted by molar-refractivity contribution is -0.117. The molecule has 2 heterocycles. The Morgan fingerprint density at radius 1 is 0.850 bits per heavy atom. The Bertz CT molecular complexity index is 2470. The van der Waals surface area contributed by atoms with Crippen molar-refractivity contribution in [3.8, 4) is 23.0 Å². The van der Waals surface area contributed by atoms with Gasteiger partial charge in [-0.15, -0.1) is 0 Å². The summed E-state index contributed by atoms with van der Waals surface area (Å²) in [6.07, 6.45) is 4.17. The minimum atomic E-state index is -0.452. The monoisotopic (exact) mass is 808 g/mol. The van der Waals surface area contributed by atoms with Crippen LogP contribution in [0.25, 0.3) is 0 Å². The van der Waals surface area contributed by atoms with Gasteiger partial charge < -0.3 is 39.4 Å². The van der Waals surface area contributed by atoms with Crippen LogP contribution in [0.4, 0.5) is 28.4 Å². The van der Waals surface area contributed by atoms with E-state index in [2.05, 4.69) is 39.4 Å². The van der Waals surface area contributed by atoms with Gasteiger partial charge in [-0.05, 0) is 98.2 Å². The maximum absolute atomic E-state index is 13.8. The topological polar surface area (TPSA) is 143 Å². The van der Waals surface area contributed by atoms with E-state index < -0.39 is 6.04 Å². The van der Waals surface area contributed by atoms with Crippen molar-refractivity contribution in [3.63, 3.8) is 0 Å². The maximum Gasteiger partial charge on any atom is 0.260 e. The van der Waals surface area contributed by atoms with E-state index in [0.717, 1.165) is 36.1 Å². The first-order valence-electron chi connectivity index (χ1n) is 19.6. The minimum absolute atomic E-state index is 0.0192. The third-order valence-corrected chi connectivity index (χ3v) is 10.9. The molecule has 13 heteroatoms. The summed E-state index contributed by atoms with van der Waals surface area (Å²) in [7, 11) is 6.76. The van der Waals surface area contributed by atoms with Crippen molar-refractivity contribution in [2.45, 2.75) is 45.1 Å². The lowest BCUT2D eigenvalue weighted by Gasteiger charge is -2.20. The number of para-hydroxylation sites is 2. The van der Waals surface area contributed by atoms with Gasteiger partial charge in [0.15, 0.2) is 29.3 Å². The van der Waals surface area contributed by atoms with E-state index in [1.54, 1.807) is 43.1 Å². The van der Waals surface area contributed by atoms with Gasteiger partial charge in [0.2, 0.25) is 5.91 Å². The fraction of sp³-hybridized carbons (Fsp3) is 0.255. The summed E-state index contributed by atoms with van der Waals surface area (Å²) in [5.41, 5.74) is 7.84. The first-order chi connectivity index (χ1) is 29.1. The van der Waals surface area contributed by atoms with E-state index in [0.29, 0.717) is 68.9 Å². The molecule has 13 nitrogen and oxygen atoms in total. The van der Waals surface area contributed by atoms with Crippen LogP contribution in [0.5, 0.6) is 23.0 Å². The zero-order valence-corrected chi connectivity index (χ0v) is 34.4. The van der Waals surface area contributed by atoms with Crippen molar-refractivity contribution in [1.82, 2.24) is 5.32 Å². The normalized spacial score (nSPS) is 14.7. The summed E-state index contributed by atoms with van der Waals surface area (Å²) < 4.78 is 24.0. The van der Waals surface area contributed by atoms with Gasteiger partial charge in [0.25, 0.3) is 5.91 Å². The number of amides is 2. The molecule has 0 aliphatic carbocycles. The van der Waals surface area contributed by atoms with Gasteiger partial charge in [0, 0.05) is 54.6 Å². The second kappa shape index (κ2) is 18.3. The highest BCUT2D eigenvalue weighted by Gasteiger charge is 2.28. The number of aliphatic imine (C=N–C) groups is 2. The van der Waals surface area contributed by atoms with Gasteiger partial charge in [-0.2, -0.15) is 0 Å². The van der Waals surface area contributed by atoms with Gasteiger partial charge in [0.05, 0.1) is 43.2 Å². The van der Waals surface area contributed by atoms with Crippen LogP contribution in [0, 0.1) is 0 Å². The quantitative estimate of drug-likeness (QED) is 0.0765. The van der Waals surface area contributed by atoms with Crippen LogP contribution in [-0.2, 0) is 30.8 Å². The van der Waals surface area contributed by atoms with Gasteiger partial charge in [-0.25, -0.2) is 0 Å². The largest absolute Gasteiger partial charge is 0.493 e. The standard InChI is InChI=1S/C47H48N6O7/c1-29(48-2)46(55)51-35-18-30(27-59-44-23-38(34(26-54)21-42(44)57-5)50-25-36-20-33-12-8-9-13-40(33)52(36)4)17-31(19-35)28-60-45-24-39(49-3)37(22-43(45)58-6)47(56)53-16-15-32-11-7-10-14-41(32)53/h7-14,17-19,21-26,29,36,48H,3,15-16,20,27-28H2,1-2,4-6H3,(H,51,55). The molecule has 2 aliphatic rings. The molecule has 0 saturated carbocycles. The minimum Gasteiger partial charge on any atom is -0.493 e. The second-order valence-electron chi connectivity index (χ2n) is 14.6. The summed E-state index contributed by atoms with van der Waals surface area (Å²) in [5.74, 6) is 1.02. The SMILES string of the molecule is C=Nc1cc(OCc2cc(COc3cc(N=CC4Cc5ccccc5N4C)c(C=O)cc3OC)cc(NC(=O)C(C)NC)c2)c(OC)cc1C(=O)N1CCc2ccccc21. The number of ether oxygens (including phenoxy) is 4. The molecule has 5 aromatic carbocycles. The lowest BCUT2D eigenvalue weighted by Crippen LogP contribution is -2.35. The highest BCUT2D eigenvalue weighted by molar-refractivity contribution is 6.11. The third-order valence-electron chi connectivity index (χ3n) is 10.9. The molecule has 0 bridgehead atoms. The summed E-state index contributed by atoms with van der Waals surface area (Å²) in [6.45, 7) is 6.19. The Morgan fingerprint density at radius 3 is 2.12 bits per heavy atom. The first kappa shape index (κ1) is 41.2. The van der Waals surface area contributed by atoms with E-state index in [1.807, 2.05) is 67.9 Å². The van der Waals surface area contributed by atoms with Crippen molar-refractivity contribution in [2.24, 2.45) is 9.98 Å². The number of carbonyl (C=O) groups is 3. The molecule has 2 aliphatic heterocycles. The van der Waals surface area contributed by atoms with E-state index in [9.17, 15) is 14.4 Å². The number of likely N-dealkylation sites (N-methyl/N-ethyl adjacent to an activating group) is 2. The number of rotatable bonds is 16. The molecule has 2 unspecified atom stereocenters. The fourth-order valence-corrected chi connectivity index (χ4v) is 7.45. The lowest BCUT2D eigenvalue weighted by atomic mass is 10.1. The molecular weight excluding hydrogens is 761 g/mol. The predicted molar refractivity (Wildman–Crippen MR) is 235 cm³/mol. The average Bonchev–Trinajstić information content (AvgIpc) is 3.86. The molecule has 7 rings (SSSR count). The van der Waals surface area contributed by atoms with Crippen LogP contribution in [-0.4, -0.2) is 78.0 Å². The Kier molecular flexibility index (Phi) is 12.6. The van der Waals surface area contributed by atoms with E-state index >= 15 is 0 Å². The molecule has 0 radical (unpaired) electrons. The third kappa shape index (κ3) is 8.71. The van der Waals surface area contributed by atoms with Gasteiger partial charge in [-0.1, -0.05) is 36.4 Å². The van der Waals surface area contributed by atoms with Crippen molar-refractivity contribution in [1.29, 1.82) is 0 Å². The van der Waals surface area contributed by atoms with Gasteiger partial charge in [0.1, 0.15) is 13.2 Å². The van der Waals surface area contributed by atoms with E-state index in [1.165, 1.54) is 19.8 Å². The Balaban J connectivity index is 1.13. The van der Waals surface area contributed by atoms with Crippen LogP contribution in [0.2, 0.25) is 0 Å². The van der Waals surface area contributed by atoms with Crippen LogP contribution < -0.4 is 39.4 Å². The zero-order valence-electron chi connectivity index (χ0n) is 34.4. The number of fused-ring (bicyclic) bond motifs is 2. The molecule has 0 saturated heterocycles. The van der Waals surface area contributed by atoms with E-state index in [-0.39, 0.29) is 31.1 Å². The average molecular weight is 809 g/mol. The molecule has 308 valence electrons. The molecular formula is C47H48N6O7. The second-order valence-corrected chi connectivity index (χ2v) is 14.6. The molecule has 2 atom stereocenters. The van der Waals surface area contributed by atoms with Crippen LogP contribution >= 0.6 is 0 Å². The predicted octanol–water partition coefficient (Wildman–Crippen LogP) is 7.52. The highest BCUT2D eigenvalue weighted by atomic mass is 16.5. The first-order valence-corrected chi connectivity index (χ1v) is 19.6. The number of anilines is 3. The van der Waals surface area contributed by atoms with Crippen LogP contribution in [0.3, 0.4) is 0 Å². The number of carbonyl (C=O) groups excluding carboxylic acids is 3. The zero-order chi connectivity index (χ0) is 42.3. The number of aldehydes is 1. The van der Waals surface area contributed by atoms with Crippen molar-refractivity contribution >= 4 is 59.5 Å². The van der Waals surface area contributed by atoms with E-state index in [4.69, 9.17) is 23.9 Å². The molecule has 2 amide bonds. The summed E-state index contributed by atoms with van der Waals surface area (Å²) in [6, 6.07) is 27.8. The molecule has 5 aromatic rings. The number of nitrogens with one attached hydrogen (secondary N) is 2. The Labute approximate surface area is 349 Å². The number of hydrogen-bond donors (Lipinski definition) is 2. The number of methoxy groups -OCH3 is 2. The number of benzene rings is 5. The van der Waals surface area contributed by atoms with Crippen molar-refractivity contribution in [3.05, 3.63) is 124 Å². The Hall–Kier alpha value is -6.99. The summed E-state index contributed by atoms with van der Waals surface area (Å²) in [5, 5.41) is 5.93. The molecule has 0 aromatic heterocycles. The Morgan fingerprint density at radius 2 is 1.48 bits per heavy atom. The smallest absolute Gasteiger partial charge is 0.260 e. The number of nitrogens with zero attached hydrogens (tertiary/aromatic N) is 4. The van der Waals surface area contributed by atoms with Gasteiger partial charge in [-0.3, -0.25) is 24.4 Å². The molecule has 2 N–H and O–H groups in total. The summed E-state index contributed by atoms with van der Waals surface area (Å²) in [4.78, 5) is 51.8.